The van der Waals surface area contributed by atoms with Gasteiger partial charge >= 0.3 is 0 Å². The Kier molecular flexibility index (Phi) is 3.76. The van der Waals surface area contributed by atoms with Crippen LogP contribution in [0.1, 0.15) is 24.1 Å². The molecule has 0 bridgehead atoms. The van der Waals surface area contributed by atoms with Gasteiger partial charge in [-0.05, 0) is 42.8 Å². The van der Waals surface area contributed by atoms with Gasteiger partial charge in [-0.3, -0.25) is 0 Å². The summed E-state index contributed by atoms with van der Waals surface area (Å²) in [6, 6.07) is 12.1. The summed E-state index contributed by atoms with van der Waals surface area (Å²) in [6.45, 7) is 1.84. The standard InChI is InChI=1S/C15H12F2N2/c1-10(12-4-2-11(9-18)3-5-12)19-15-8-13(16)6-7-14(15)17/h2-8,10,19H,1H3. The lowest BCUT2D eigenvalue weighted by molar-refractivity contribution is 0.600. The lowest BCUT2D eigenvalue weighted by atomic mass is 10.1. The molecule has 1 N–H and O–H groups in total. The topological polar surface area (TPSA) is 35.8 Å². The minimum absolute atomic E-state index is 0.122. The largest absolute Gasteiger partial charge is 0.376 e. The number of hydrogen-bond donors (Lipinski definition) is 1. The van der Waals surface area contributed by atoms with Crippen LogP contribution in [-0.4, -0.2) is 0 Å². The maximum atomic E-state index is 13.5. The van der Waals surface area contributed by atoms with Crippen molar-refractivity contribution in [2.75, 3.05) is 5.32 Å². The summed E-state index contributed by atoms with van der Waals surface area (Å²) in [5.74, 6) is -0.988. The highest BCUT2D eigenvalue weighted by Gasteiger charge is 2.09. The number of nitriles is 1. The van der Waals surface area contributed by atoms with Crippen molar-refractivity contribution < 1.29 is 8.78 Å². The molecular formula is C15H12F2N2. The van der Waals surface area contributed by atoms with Crippen molar-refractivity contribution >= 4 is 5.69 Å². The van der Waals surface area contributed by atoms with Crippen molar-refractivity contribution in [2.45, 2.75) is 13.0 Å². The van der Waals surface area contributed by atoms with Crippen LogP contribution in [0.25, 0.3) is 0 Å². The van der Waals surface area contributed by atoms with Gasteiger partial charge < -0.3 is 5.32 Å². The molecule has 0 aliphatic rings. The molecule has 19 heavy (non-hydrogen) atoms. The molecule has 2 nitrogen and oxygen atoms in total. The van der Waals surface area contributed by atoms with Crippen molar-refractivity contribution in [3.8, 4) is 6.07 Å². The highest BCUT2D eigenvalue weighted by atomic mass is 19.1. The SMILES string of the molecule is CC(Nc1cc(F)ccc1F)c1ccc(C#N)cc1. The smallest absolute Gasteiger partial charge is 0.146 e. The average molecular weight is 258 g/mol. The number of nitrogens with zero attached hydrogens (tertiary/aromatic N) is 1. The van der Waals surface area contributed by atoms with Gasteiger partial charge in [0.2, 0.25) is 0 Å². The van der Waals surface area contributed by atoms with Crippen molar-refractivity contribution in [1.82, 2.24) is 0 Å². The molecular weight excluding hydrogens is 246 g/mol. The van der Waals surface area contributed by atoms with E-state index in [-0.39, 0.29) is 11.7 Å². The molecule has 1 unspecified atom stereocenters. The normalized spacial score (nSPS) is 11.7. The Labute approximate surface area is 110 Å². The molecule has 0 amide bonds. The van der Waals surface area contributed by atoms with Crippen LogP contribution in [-0.2, 0) is 0 Å². The second-order valence-electron chi connectivity index (χ2n) is 4.22. The monoisotopic (exact) mass is 258 g/mol. The maximum Gasteiger partial charge on any atom is 0.146 e. The number of hydrogen-bond acceptors (Lipinski definition) is 2. The summed E-state index contributed by atoms with van der Waals surface area (Å²) in [6.07, 6.45) is 0. The van der Waals surface area contributed by atoms with E-state index < -0.39 is 11.6 Å². The number of halogens is 2. The molecule has 0 spiro atoms. The Morgan fingerprint density at radius 3 is 2.42 bits per heavy atom. The Balaban J connectivity index is 2.18. The Bertz CT molecular complexity index is 615. The van der Waals surface area contributed by atoms with Gasteiger partial charge in [-0.1, -0.05) is 12.1 Å². The first kappa shape index (κ1) is 13.0. The van der Waals surface area contributed by atoms with Crippen LogP contribution < -0.4 is 5.32 Å². The molecule has 0 aliphatic heterocycles. The molecule has 0 radical (unpaired) electrons. The first-order valence-electron chi connectivity index (χ1n) is 5.82. The van der Waals surface area contributed by atoms with E-state index in [1.165, 1.54) is 0 Å². The minimum atomic E-state index is -0.498. The fraction of sp³-hybridized carbons (Fsp3) is 0.133. The number of benzene rings is 2. The molecule has 0 heterocycles. The third kappa shape index (κ3) is 3.08. The van der Waals surface area contributed by atoms with Crippen LogP contribution >= 0.6 is 0 Å². The Morgan fingerprint density at radius 2 is 1.79 bits per heavy atom. The van der Waals surface area contributed by atoms with E-state index in [1.807, 2.05) is 13.0 Å². The fourth-order valence-electron chi connectivity index (χ4n) is 1.77. The predicted molar refractivity (Wildman–Crippen MR) is 69.6 cm³/mol. The maximum absolute atomic E-state index is 13.5. The fourth-order valence-corrected chi connectivity index (χ4v) is 1.77. The number of nitrogens with one attached hydrogen (secondary N) is 1. The lowest BCUT2D eigenvalue weighted by Crippen LogP contribution is -2.08. The first-order valence-corrected chi connectivity index (χ1v) is 5.82. The van der Waals surface area contributed by atoms with Crippen LogP contribution in [0.4, 0.5) is 14.5 Å². The summed E-state index contributed by atoms with van der Waals surface area (Å²) in [4.78, 5) is 0. The number of rotatable bonds is 3. The van der Waals surface area contributed by atoms with Gasteiger partial charge in [0.15, 0.2) is 0 Å². The van der Waals surface area contributed by atoms with Crippen LogP contribution in [0, 0.1) is 23.0 Å². The second kappa shape index (κ2) is 5.49. The summed E-state index contributed by atoms with van der Waals surface area (Å²) in [5, 5.41) is 11.6. The van der Waals surface area contributed by atoms with Gasteiger partial charge in [0.1, 0.15) is 11.6 Å². The zero-order valence-electron chi connectivity index (χ0n) is 10.3. The highest BCUT2D eigenvalue weighted by molar-refractivity contribution is 5.47. The van der Waals surface area contributed by atoms with Crippen LogP contribution in [0.5, 0.6) is 0 Å². The molecule has 96 valence electrons. The van der Waals surface area contributed by atoms with Crippen molar-refractivity contribution in [3.63, 3.8) is 0 Å². The zero-order chi connectivity index (χ0) is 13.8. The van der Waals surface area contributed by atoms with Gasteiger partial charge in [-0.25, -0.2) is 8.78 Å². The third-order valence-corrected chi connectivity index (χ3v) is 2.84. The summed E-state index contributed by atoms with van der Waals surface area (Å²) in [7, 11) is 0. The molecule has 0 saturated carbocycles. The van der Waals surface area contributed by atoms with Crippen molar-refractivity contribution in [2.24, 2.45) is 0 Å². The summed E-state index contributed by atoms with van der Waals surface area (Å²) < 4.78 is 26.5. The van der Waals surface area contributed by atoms with E-state index in [4.69, 9.17) is 5.26 Å². The average Bonchev–Trinajstić information content (AvgIpc) is 2.43. The van der Waals surface area contributed by atoms with E-state index in [2.05, 4.69) is 5.32 Å². The van der Waals surface area contributed by atoms with Crippen molar-refractivity contribution in [3.05, 3.63) is 65.2 Å². The van der Waals surface area contributed by atoms with Gasteiger partial charge in [0.25, 0.3) is 0 Å². The van der Waals surface area contributed by atoms with Gasteiger partial charge in [0, 0.05) is 6.04 Å². The molecule has 2 rings (SSSR count). The van der Waals surface area contributed by atoms with E-state index in [9.17, 15) is 8.78 Å². The van der Waals surface area contributed by atoms with Crippen molar-refractivity contribution in [1.29, 1.82) is 5.26 Å². The van der Waals surface area contributed by atoms with Crippen LogP contribution in [0.15, 0.2) is 42.5 Å². The molecule has 0 fully saturated rings. The van der Waals surface area contributed by atoms with Gasteiger partial charge in [0.05, 0.1) is 17.3 Å². The van der Waals surface area contributed by atoms with Gasteiger partial charge in [-0.2, -0.15) is 5.26 Å². The molecule has 4 heteroatoms. The first-order chi connectivity index (χ1) is 9.10. The Hall–Kier alpha value is -2.41. The van der Waals surface area contributed by atoms with E-state index in [0.717, 1.165) is 23.8 Å². The van der Waals surface area contributed by atoms with E-state index in [0.29, 0.717) is 5.56 Å². The van der Waals surface area contributed by atoms with Crippen LogP contribution in [0.3, 0.4) is 0 Å². The quantitative estimate of drug-likeness (QED) is 0.902. The zero-order valence-corrected chi connectivity index (χ0v) is 10.3. The van der Waals surface area contributed by atoms with Crippen LogP contribution in [0.2, 0.25) is 0 Å². The molecule has 2 aromatic carbocycles. The summed E-state index contributed by atoms with van der Waals surface area (Å²) >= 11 is 0. The molecule has 0 aliphatic carbocycles. The molecule has 0 saturated heterocycles. The lowest BCUT2D eigenvalue weighted by Gasteiger charge is -2.16. The molecule has 2 aromatic rings. The minimum Gasteiger partial charge on any atom is -0.376 e. The second-order valence-corrected chi connectivity index (χ2v) is 4.22. The number of anilines is 1. The van der Waals surface area contributed by atoms with E-state index in [1.54, 1.807) is 24.3 Å². The van der Waals surface area contributed by atoms with E-state index >= 15 is 0 Å². The molecule has 1 atom stereocenters. The molecule has 0 aromatic heterocycles. The Morgan fingerprint density at radius 1 is 1.11 bits per heavy atom. The predicted octanol–water partition coefficient (Wildman–Crippen LogP) is 4.01. The summed E-state index contributed by atoms with van der Waals surface area (Å²) in [5.41, 5.74) is 1.58. The highest BCUT2D eigenvalue weighted by Crippen LogP contribution is 2.22. The third-order valence-electron chi connectivity index (χ3n) is 2.84. The van der Waals surface area contributed by atoms with Gasteiger partial charge in [-0.15, -0.1) is 0 Å².